The van der Waals surface area contributed by atoms with Crippen LogP contribution in [0, 0.1) is 0 Å². The smallest absolute Gasteiger partial charge is 0.0551 e. The standard InChI is InChI=1S/C16H22N2/c1-3-10-17-12-15-9-11-18(13-15)14(2)16-7-5-4-6-8-16/h4-9,11,13-14,17H,3,10,12H2,1-2H3. The molecule has 2 heteroatoms. The molecule has 0 amide bonds. The fraction of sp³-hybridized carbons (Fsp3) is 0.375. The van der Waals surface area contributed by atoms with Gasteiger partial charge in [0.15, 0.2) is 0 Å². The Morgan fingerprint density at radius 2 is 1.94 bits per heavy atom. The monoisotopic (exact) mass is 242 g/mol. The zero-order valence-corrected chi connectivity index (χ0v) is 11.3. The predicted molar refractivity (Wildman–Crippen MR) is 76.7 cm³/mol. The Labute approximate surface area is 110 Å². The van der Waals surface area contributed by atoms with Gasteiger partial charge in [-0.1, -0.05) is 37.3 Å². The third-order valence-corrected chi connectivity index (χ3v) is 3.26. The van der Waals surface area contributed by atoms with Gasteiger partial charge in [-0.05, 0) is 37.1 Å². The first-order valence-corrected chi connectivity index (χ1v) is 6.73. The van der Waals surface area contributed by atoms with E-state index in [4.69, 9.17) is 0 Å². The quantitative estimate of drug-likeness (QED) is 0.766. The van der Waals surface area contributed by atoms with Gasteiger partial charge >= 0.3 is 0 Å². The van der Waals surface area contributed by atoms with E-state index in [1.54, 1.807) is 0 Å². The van der Waals surface area contributed by atoms with E-state index in [0.29, 0.717) is 6.04 Å². The molecule has 0 spiro atoms. The van der Waals surface area contributed by atoms with Crippen LogP contribution in [0.5, 0.6) is 0 Å². The number of hydrogen-bond acceptors (Lipinski definition) is 1. The molecule has 1 aromatic heterocycles. The van der Waals surface area contributed by atoms with E-state index >= 15 is 0 Å². The van der Waals surface area contributed by atoms with Crippen molar-refractivity contribution in [2.75, 3.05) is 6.54 Å². The van der Waals surface area contributed by atoms with Gasteiger partial charge in [0, 0.05) is 18.9 Å². The molecule has 1 unspecified atom stereocenters. The molecule has 18 heavy (non-hydrogen) atoms. The summed E-state index contributed by atoms with van der Waals surface area (Å²) in [4.78, 5) is 0. The molecule has 0 radical (unpaired) electrons. The SMILES string of the molecule is CCCNCc1ccn(C(C)c2ccccc2)c1. The Morgan fingerprint density at radius 3 is 2.67 bits per heavy atom. The highest BCUT2D eigenvalue weighted by molar-refractivity contribution is 5.21. The molecule has 0 aliphatic carbocycles. The van der Waals surface area contributed by atoms with Crippen molar-refractivity contribution < 1.29 is 0 Å². The maximum Gasteiger partial charge on any atom is 0.0551 e. The van der Waals surface area contributed by atoms with Gasteiger partial charge in [-0.25, -0.2) is 0 Å². The Balaban J connectivity index is 2.01. The summed E-state index contributed by atoms with van der Waals surface area (Å²) in [6.45, 7) is 6.47. The average molecular weight is 242 g/mol. The summed E-state index contributed by atoms with van der Waals surface area (Å²) >= 11 is 0. The summed E-state index contributed by atoms with van der Waals surface area (Å²) in [6.07, 6.45) is 5.59. The third-order valence-electron chi connectivity index (χ3n) is 3.26. The molecule has 1 atom stereocenters. The first kappa shape index (κ1) is 12.9. The molecule has 2 nitrogen and oxygen atoms in total. The zero-order valence-electron chi connectivity index (χ0n) is 11.3. The van der Waals surface area contributed by atoms with Crippen molar-refractivity contribution in [2.24, 2.45) is 0 Å². The predicted octanol–water partition coefficient (Wildman–Crippen LogP) is 3.60. The van der Waals surface area contributed by atoms with Crippen molar-refractivity contribution >= 4 is 0 Å². The highest BCUT2D eigenvalue weighted by Crippen LogP contribution is 2.18. The summed E-state index contributed by atoms with van der Waals surface area (Å²) in [5.74, 6) is 0. The van der Waals surface area contributed by atoms with Gasteiger partial charge in [0.05, 0.1) is 6.04 Å². The molecule has 96 valence electrons. The van der Waals surface area contributed by atoms with Crippen LogP contribution in [0.3, 0.4) is 0 Å². The molecule has 1 aromatic carbocycles. The molecular formula is C16H22N2. The van der Waals surface area contributed by atoms with Crippen molar-refractivity contribution in [3.8, 4) is 0 Å². The highest BCUT2D eigenvalue weighted by atomic mass is 15.0. The molecule has 2 rings (SSSR count). The second-order valence-electron chi connectivity index (χ2n) is 4.73. The van der Waals surface area contributed by atoms with Gasteiger partial charge in [-0.2, -0.15) is 0 Å². The Kier molecular flexibility index (Phi) is 4.59. The summed E-state index contributed by atoms with van der Waals surface area (Å²) < 4.78 is 2.28. The van der Waals surface area contributed by atoms with Gasteiger partial charge in [-0.3, -0.25) is 0 Å². The third kappa shape index (κ3) is 3.23. The van der Waals surface area contributed by atoms with Gasteiger partial charge in [0.25, 0.3) is 0 Å². The van der Waals surface area contributed by atoms with Crippen molar-refractivity contribution in [1.29, 1.82) is 0 Å². The minimum Gasteiger partial charge on any atom is -0.347 e. The van der Waals surface area contributed by atoms with Crippen LogP contribution in [0.25, 0.3) is 0 Å². The summed E-state index contributed by atoms with van der Waals surface area (Å²) in [7, 11) is 0. The first-order valence-electron chi connectivity index (χ1n) is 6.73. The molecule has 1 N–H and O–H groups in total. The Morgan fingerprint density at radius 1 is 1.17 bits per heavy atom. The van der Waals surface area contributed by atoms with E-state index in [-0.39, 0.29) is 0 Å². The van der Waals surface area contributed by atoms with Crippen LogP contribution in [-0.4, -0.2) is 11.1 Å². The van der Waals surface area contributed by atoms with E-state index in [1.165, 1.54) is 17.5 Å². The van der Waals surface area contributed by atoms with Crippen LogP contribution in [0.15, 0.2) is 48.8 Å². The van der Waals surface area contributed by atoms with Crippen molar-refractivity contribution in [2.45, 2.75) is 32.9 Å². The van der Waals surface area contributed by atoms with E-state index in [2.05, 4.69) is 72.5 Å². The highest BCUT2D eigenvalue weighted by Gasteiger charge is 2.06. The first-order chi connectivity index (χ1) is 8.81. The van der Waals surface area contributed by atoms with Crippen LogP contribution in [0.1, 0.15) is 37.4 Å². The van der Waals surface area contributed by atoms with Gasteiger partial charge in [0.2, 0.25) is 0 Å². The molecule has 0 aliphatic heterocycles. The van der Waals surface area contributed by atoms with E-state index < -0.39 is 0 Å². The Hall–Kier alpha value is -1.54. The topological polar surface area (TPSA) is 17.0 Å². The lowest BCUT2D eigenvalue weighted by Gasteiger charge is -2.13. The maximum absolute atomic E-state index is 3.43. The molecule has 0 saturated heterocycles. The number of nitrogens with zero attached hydrogens (tertiary/aromatic N) is 1. The fourth-order valence-electron chi connectivity index (χ4n) is 2.12. The second-order valence-corrected chi connectivity index (χ2v) is 4.73. The average Bonchev–Trinajstić information content (AvgIpc) is 2.88. The van der Waals surface area contributed by atoms with Gasteiger partial charge in [-0.15, -0.1) is 0 Å². The van der Waals surface area contributed by atoms with Crippen LogP contribution in [0.2, 0.25) is 0 Å². The van der Waals surface area contributed by atoms with E-state index in [0.717, 1.165) is 13.1 Å². The molecule has 1 heterocycles. The van der Waals surface area contributed by atoms with Crippen LogP contribution in [-0.2, 0) is 6.54 Å². The number of nitrogens with one attached hydrogen (secondary N) is 1. The summed E-state index contributed by atoms with van der Waals surface area (Å²) in [6, 6.07) is 13.2. The van der Waals surface area contributed by atoms with Gasteiger partial charge in [0.1, 0.15) is 0 Å². The van der Waals surface area contributed by atoms with E-state index in [1.807, 2.05) is 0 Å². The minimum atomic E-state index is 0.395. The summed E-state index contributed by atoms with van der Waals surface area (Å²) in [5, 5.41) is 3.43. The summed E-state index contributed by atoms with van der Waals surface area (Å²) in [5.41, 5.74) is 2.70. The maximum atomic E-state index is 3.43. The fourth-order valence-corrected chi connectivity index (χ4v) is 2.12. The number of hydrogen-bond donors (Lipinski definition) is 1. The normalized spacial score (nSPS) is 12.6. The van der Waals surface area contributed by atoms with Gasteiger partial charge < -0.3 is 9.88 Å². The van der Waals surface area contributed by atoms with Crippen LogP contribution < -0.4 is 5.32 Å². The lowest BCUT2D eigenvalue weighted by Crippen LogP contribution is -2.13. The van der Waals surface area contributed by atoms with Crippen LogP contribution in [0.4, 0.5) is 0 Å². The van der Waals surface area contributed by atoms with Crippen molar-refractivity contribution in [1.82, 2.24) is 9.88 Å². The largest absolute Gasteiger partial charge is 0.347 e. The zero-order chi connectivity index (χ0) is 12.8. The Bertz CT molecular complexity index is 459. The number of aromatic nitrogens is 1. The molecule has 0 saturated carbocycles. The minimum absolute atomic E-state index is 0.395. The van der Waals surface area contributed by atoms with Crippen LogP contribution >= 0.6 is 0 Å². The number of benzene rings is 1. The molecule has 0 bridgehead atoms. The van der Waals surface area contributed by atoms with E-state index in [9.17, 15) is 0 Å². The van der Waals surface area contributed by atoms with Crippen molar-refractivity contribution in [3.05, 3.63) is 59.9 Å². The molecule has 0 fully saturated rings. The molecule has 2 aromatic rings. The lowest BCUT2D eigenvalue weighted by molar-refractivity contribution is 0.635. The van der Waals surface area contributed by atoms with Crippen molar-refractivity contribution in [3.63, 3.8) is 0 Å². The molecule has 0 aliphatic rings. The lowest BCUT2D eigenvalue weighted by atomic mass is 10.1. The number of rotatable bonds is 6. The second kappa shape index (κ2) is 6.41. The molecular weight excluding hydrogens is 220 g/mol.